The van der Waals surface area contributed by atoms with Gasteiger partial charge in [0.05, 0.1) is 0 Å². The summed E-state index contributed by atoms with van der Waals surface area (Å²) in [4.78, 5) is 22.1. The van der Waals surface area contributed by atoms with E-state index in [2.05, 4.69) is 10.6 Å². The Morgan fingerprint density at radius 3 is 2.47 bits per heavy atom. The zero-order valence-electron chi connectivity index (χ0n) is 9.17. The van der Waals surface area contributed by atoms with Gasteiger partial charge in [-0.15, -0.1) is 0 Å². The quantitative estimate of drug-likeness (QED) is 0.586. The molecule has 0 aromatic carbocycles. The van der Waals surface area contributed by atoms with E-state index < -0.39 is 11.5 Å². The van der Waals surface area contributed by atoms with Crippen LogP contribution in [0.15, 0.2) is 0 Å². The molecule has 1 aliphatic carbocycles. The van der Waals surface area contributed by atoms with E-state index in [-0.39, 0.29) is 5.91 Å². The largest absolute Gasteiger partial charge is 0.480 e. The molecule has 0 saturated heterocycles. The second kappa shape index (κ2) is 4.61. The first-order valence-electron chi connectivity index (χ1n) is 5.19. The van der Waals surface area contributed by atoms with Crippen molar-refractivity contribution >= 4 is 11.9 Å². The van der Waals surface area contributed by atoms with E-state index in [9.17, 15) is 9.59 Å². The van der Waals surface area contributed by atoms with Gasteiger partial charge in [0, 0.05) is 19.0 Å². The van der Waals surface area contributed by atoms with E-state index >= 15 is 0 Å². The van der Waals surface area contributed by atoms with Gasteiger partial charge in [0.1, 0.15) is 5.54 Å². The number of hydrogen-bond acceptors (Lipinski definition) is 3. The van der Waals surface area contributed by atoms with Crippen LogP contribution in [0.3, 0.4) is 0 Å². The van der Waals surface area contributed by atoms with Crippen molar-refractivity contribution in [1.29, 1.82) is 0 Å². The van der Waals surface area contributed by atoms with Crippen molar-refractivity contribution in [3.8, 4) is 0 Å². The Morgan fingerprint density at radius 1 is 1.40 bits per heavy atom. The van der Waals surface area contributed by atoms with Crippen LogP contribution in [-0.4, -0.2) is 35.1 Å². The van der Waals surface area contributed by atoms with E-state index in [4.69, 9.17) is 5.11 Å². The molecule has 5 heteroatoms. The molecule has 0 atom stereocenters. The van der Waals surface area contributed by atoms with E-state index in [1.165, 1.54) is 26.7 Å². The van der Waals surface area contributed by atoms with Crippen molar-refractivity contribution in [1.82, 2.24) is 10.6 Å². The Morgan fingerprint density at radius 2 is 2.00 bits per heavy atom. The highest BCUT2D eigenvalue weighted by molar-refractivity contribution is 5.86. The number of carboxylic acid groups (broad SMARTS) is 1. The number of rotatable bonds is 6. The minimum atomic E-state index is -1.18. The topological polar surface area (TPSA) is 78.4 Å². The maximum atomic E-state index is 11.4. The van der Waals surface area contributed by atoms with Gasteiger partial charge >= 0.3 is 5.97 Å². The molecule has 1 saturated carbocycles. The molecule has 0 unspecified atom stereocenters. The number of carboxylic acids is 1. The second-order valence-corrected chi connectivity index (χ2v) is 4.46. The van der Waals surface area contributed by atoms with Crippen LogP contribution >= 0.6 is 0 Å². The summed E-state index contributed by atoms with van der Waals surface area (Å²) < 4.78 is 0. The summed E-state index contributed by atoms with van der Waals surface area (Å²) >= 11 is 0. The highest BCUT2D eigenvalue weighted by atomic mass is 16.4. The average molecular weight is 214 g/mol. The van der Waals surface area contributed by atoms with Gasteiger partial charge in [-0.25, -0.2) is 4.79 Å². The molecule has 15 heavy (non-hydrogen) atoms. The Bertz CT molecular complexity index is 259. The van der Waals surface area contributed by atoms with E-state index in [0.29, 0.717) is 19.0 Å². The van der Waals surface area contributed by atoms with Gasteiger partial charge in [0.15, 0.2) is 0 Å². The first kappa shape index (κ1) is 12.0. The number of nitrogens with one attached hydrogen (secondary N) is 2. The third-order valence-corrected chi connectivity index (χ3v) is 2.35. The van der Waals surface area contributed by atoms with Gasteiger partial charge in [0.2, 0.25) is 5.91 Å². The molecular formula is C10H18N2O3. The maximum Gasteiger partial charge on any atom is 0.328 e. The third kappa shape index (κ3) is 4.29. The van der Waals surface area contributed by atoms with Crippen LogP contribution in [0.1, 0.15) is 33.1 Å². The van der Waals surface area contributed by atoms with Crippen molar-refractivity contribution in [2.24, 2.45) is 0 Å². The van der Waals surface area contributed by atoms with Crippen LogP contribution in [0.5, 0.6) is 0 Å². The van der Waals surface area contributed by atoms with Gasteiger partial charge in [-0.3, -0.25) is 4.79 Å². The van der Waals surface area contributed by atoms with Gasteiger partial charge in [-0.2, -0.15) is 0 Å². The molecule has 0 heterocycles. The summed E-state index contributed by atoms with van der Waals surface area (Å²) in [6, 6.07) is 0.574. The van der Waals surface area contributed by atoms with Gasteiger partial charge in [-0.05, 0) is 26.7 Å². The highest BCUT2D eigenvalue weighted by Gasteiger charge is 2.28. The maximum absolute atomic E-state index is 11.4. The molecular weight excluding hydrogens is 196 g/mol. The Labute approximate surface area is 89.2 Å². The van der Waals surface area contributed by atoms with Gasteiger partial charge in [-0.1, -0.05) is 0 Å². The van der Waals surface area contributed by atoms with Crippen LogP contribution in [0.25, 0.3) is 0 Å². The third-order valence-electron chi connectivity index (χ3n) is 2.35. The van der Waals surface area contributed by atoms with Gasteiger partial charge in [0.25, 0.3) is 0 Å². The molecule has 0 aromatic heterocycles. The molecule has 0 aliphatic heterocycles. The summed E-state index contributed by atoms with van der Waals surface area (Å²) in [6.45, 7) is 3.56. The highest BCUT2D eigenvalue weighted by Crippen LogP contribution is 2.18. The minimum absolute atomic E-state index is 0.226. The average Bonchev–Trinajstić information content (AvgIpc) is 2.86. The number of amides is 1. The minimum Gasteiger partial charge on any atom is -0.480 e. The zero-order chi connectivity index (χ0) is 11.5. The fourth-order valence-corrected chi connectivity index (χ4v) is 1.14. The van der Waals surface area contributed by atoms with E-state index in [1.54, 1.807) is 0 Å². The lowest BCUT2D eigenvalue weighted by molar-refractivity contribution is -0.146. The molecule has 1 aliphatic rings. The molecule has 3 N–H and O–H groups in total. The Kier molecular flexibility index (Phi) is 3.68. The summed E-state index contributed by atoms with van der Waals surface area (Å²) in [5.74, 6) is -1.25. The summed E-state index contributed by atoms with van der Waals surface area (Å²) in [5.41, 5.74) is -1.18. The summed E-state index contributed by atoms with van der Waals surface area (Å²) in [7, 11) is 0. The lowest BCUT2D eigenvalue weighted by Crippen LogP contribution is -2.50. The van der Waals surface area contributed by atoms with E-state index in [1.807, 2.05) is 0 Å². The smallest absolute Gasteiger partial charge is 0.328 e. The predicted molar refractivity (Wildman–Crippen MR) is 55.5 cm³/mol. The van der Waals surface area contributed by atoms with Crippen molar-refractivity contribution in [3.05, 3.63) is 0 Å². The molecule has 0 radical (unpaired) electrons. The van der Waals surface area contributed by atoms with Crippen molar-refractivity contribution in [3.63, 3.8) is 0 Å². The van der Waals surface area contributed by atoms with Crippen molar-refractivity contribution < 1.29 is 14.7 Å². The van der Waals surface area contributed by atoms with Crippen LogP contribution in [0.4, 0.5) is 0 Å². The number of hydrogen-bond donors (Lipinski definition) is 3. The molecule has 0 spiro atoms. The first-order chi connectivity index (χ1) is 6.92. The SMILES string of the molecule is CC(C)(NC(=O)CCNC1CC1)C(=O)O. The van der Waals surface area contributed by atoms with Gasteiger partial charge < -0.3 is 15.7 Å². The van der Waals surface area contributed by atoms with Crippen LogP contribution < -0.4 is 10.6 Å². The molecule has 1 amide bonds. The molecule has 86 valence electrons. The molecule has 0 aromatic rings. The number of aliphatic carboxylic acids is 1. The monoisotopic (exact) mass is 214 g/mol. The Balaban J connectivity index is 2.18. The summed E-state index contributed by atoms with van der Waals surface area (Å²) in [5, 5.41) is 14.4. The van der Waals surface area contributed by atoms with Crippen molar-refractivity contribution in [2.75, 3.05) is 6.54 Å². The standard InChI is InChI=1S/C10H18N2O3/c1-10(2,9(14)15)12-8(13)5-6-11-7-3-4-7/h7,11H,3-6H2,1-2H3,(H,12,13)(H,14,15). The van der Waals surface area contributed by atoms with Crippen LogP contribution in [-0.2, 0) is 9.59 Å². The molecule has 5 nitrogen and oxygen atoms in total. The fraction of sp³-hybridized carbons (Fsp3) is 0.800. The molecule has 1 rings (SSSR count). The lowest BCUT2D eigenvalue weighted by Gasteiger charge is -2.20. The predicted octanol–water partition coefficient (Wildman–Crippen LogP) is 0.108. The Hall–Kier alpha value is -1.10. The molecule has 1 fully saturated rings. The van der Waals surface area contributed by atoms with Crippen molar-refractivity contribution in [2.45, 2.75) is 44.7 Å². The van der Waals surface area contributed by atoms with Crippen LogP contribution in [0, 0.1) is 0 Å². The van der Waals surface area contributed by atoms with E-state index in [0.717, 1.165) is 0 Å². The second-order valence-electron chi connectivity index (χ2n) is 4.46. The number of carbonyl (C=O) groups is 2. The lowest BCUT2D eigenvalue weighted by atomic mass is 10.1. The molecule has 0 bridgehead atoms. The first-order valence-corrected chi connectivity index (χ1v) is 5.19. The van der Waals surface area contributed by atoms with Crippen LogP contribution in [0.2, 0.25) is 0 Å². The normalized spacial score (nSPS) is 16.1. The fourth-order valence-electron chi connectivity index (χ4n) is 1.14. The number of carbonyl (C=O) groups excluding carboxylic acids is 1. The summed E-state index contributed by atoms with van der Waals surface area (Å²) in [6.07, 6.45) is 2.69. The zero-order valence-corrected chi connectivity index (χ0v) is 9.17.